The average molecular weight is 244 g/mol. The lowest BCUT2D eigenvalue weighted by atomic mass is 10.1. The van der Waals surface area contributed by atoms with Gasteiger partial charge in [0.15, 0.2) is 0 Å². The molecule has 0 bridgehead atoms. The van der Waals surface area contributed by atoms with E-state index in [2.05, 4.69) is 10.3 Å². The number of carbonyl (C=O) groups is 2. The Morgan fingerprint density at radius 1 is 1.17 bits per heavy atom. The number of aliphatic carboxylic acids is 1. The van der Waals surface area contributed by atoms with Gasteiger partial charge in [0, 0.05) is 18.0 Å². The van der Waals surface area contributed by atoms with Crippen molar-refractivity contribution < 1.29 is 14.7 Å². The first-order chi connectivity index (χ1) is 8.66. The number of hydrogen-bond donors (Lipinski definition) is 2. The molecule has 0 fully saturated rings. The minimum Gasteiger partial charge on any atom is -0.481 e. The molecule has 2 aromatic rings. The first-order valence-corrected chi connectivity index (χ1v) is 5.52. The van der Waals surface area contributed by atoms with E-state index in [1.165, 1.54) is 0 Å². The number of rotatable bonds is 4. The standard InChI is InChI=1S/C13H12N2O3/c16-12(6-7-13(17)18)15-11-5-1-4-10-9(11)3-2-8-14-10/h1-5,8H,6-7H2,(H,15,16)(H,17,18). The fraction of sp³-hybridized carbons (Fsp3) is 0.154. The number of fused-ring (bicyclic) bond motifs is 1. The molecule has 5 nitrogen and oxygen atoms in total. The van der Waals surface area contributed by atoms with Gasteiger partial charge in [-0.3, -0.25) is 14.6 Å². The molecule has 1 heterocycles. The third-order valence-corrected chi connectivity index (χ3v) is 2.49. The van der Waals surface area contributed by atoms with Gasteiger partial charge in [0.05, 0.1) is 17.6 Å². The van der Waals surface area contributed by atoms with Crippen molar-refractivity contribution in [1.29, 1.82) is 0 Å². The van der Waals surface area contributed by atoms with E-state index in [1.54, 1.807) is 24.4 Å². The van der Waals surface area contributed by atoms with Crippen LogP contribution in [0.1, 0.15) is 12.8 Å². The Balaban J connectivity index is 2.16. The van der Waals surface area contributed by atoms with Gasteiger partial charge >= 0.3 is 5.97 Å². The van der Waals surface area contributed by atoms with Gasteiger partial charge in [-0.1, -0.05) is 6.07 Å². The number of hydrogen-bond acceptors (Lipinski definition) is 3. The van der Waals surface area contributed by atoms with Crippen LogP contribution in [0.5, 0.6) is 0 Å². The summed E-state index contributed by atoms with van der Waals surface area (Å²) in [5.41, 5.74) is 1.43. The maximum Gasteiger partial charge on any atom is 0.303 e. The smallest absolute Gasteiger partial charge is 0.303 e. The largest absolute Gasteiger partial charge is 0.481 e. The van der Waals surface area contributed by atoms with E-state index in [4.69, 9.17) is 5.11 Å². The maximum atomic E-state index is 11.6. The van der Waals surface area contributed by atoms with Crippen LogP contribution in [0.2, 0.25) is 0 Å². The number of amides is 1. The number of carbonyl (C=O) groups excluding carboxylic acids is 1. The van der Waals surface area contributed by atoms with E-state index in [9.17, 15) is 9.59 Å². The number of nitrogens with one attached hydrogen (secondary N) is 1. The molecular formula is C13H12N2O3. The number of carboxylic acid groups (broad SMARTS) is 1. The lowest BCUT2D eigenvalue weighted by Gasteiger charge is -2.07. The summed E-state index contributed by atoms with van der Waals surface area (Å²) < 4.78 is 0. The van der Waals surface area contributed by atoms with Gasteiger partial charge in [0.1, 0.15) is 0 Å². The molecule has 2 N–H and O–H groups in total. The number of aromatic nitrogens is 1. The Morgan fingerprint density at radius 3 is 2.78 bits per heavy atom. The van der Waals surface area contributed by atoms with Gasteiger partial charge in [-0.15, -0.1) is 0 Å². The lowest BCUT2D eigenvalue weighted by Crippen LogP contribution is -2.13. The highest BCUT2D eigenvalue weighted by atomic mass is 16.4. The van der Waals surface area contributed by atoms with Crippen LogP contribution in [-0.4, -0.2) is 22.0 Å². The zero-order chi connectivity index (χ0) is 13.0. The van der Waals surface area contributed by atoms with Crippen LogP contribution >= 0.6 is 0 Å². The molecule has 1 aromatic carbocycles. The van der Waals surface area contributed by atoms with Crippen LogP contribution in [0.3, 0.4) is 0 Å². The van der Waals surface area contributed by atoms with Crippen molar-refractivity contribution >= 4 is 28.5 Å². The van der Waals surface area contributed by atoms with Crippen molar-refractivity contribution in [3.63, 3.8) is 0 Å². The van der Waals surface area contributed by atoms with Crippen LogP contribution in [0.4, 0.5) is 5.69 Å². The highest BCUT2D eigenvalue weighted by Crippen LogP contribution is 2.21. The highest BCUT2D eigenvalue weighted by Gasteiger charge is 2.07. The van der Waals surface area contributed by atoms with Gasteiger partial charge in [-0.2, -0.15) is 0 Å². The fourth-order valence-corrected chi connectivity index (χ4v) is 1.65. The summed E-state index contributed by atoms with van der Waals surface area (Å²) in [6.45, 7) is 0. The zero-order valence-electron chi connectivity index (χ0n) is 9.59. The minimum atomic E-state index is -0.982. The summed E-state index contributed by atoms with van der Waals surface area (Å²) in [6, 6.07) is 9.05. The topological polar surface area (TPSA) is 79.3 Å². The Morgan fingerprint density at radius 2 is 2.00 bits per heavy atom. The van der Waals surface area contributed by atoms with Crippen molar-refractivity contribution in [2.24, 2.45) is 0 Å². The molecule has 92 valence electrons. The van der Waals surface area contributed by atoms with Gasteiger partial charge in [-0.05, 0) is 24.3 Å². The molecule has 0 saturated heterocycles. The predicted octanol–water partition coefficient (Wildman–Crippen LogP) is 2.04. The molecule has 18 heavy (non-hydrogen) atoms. The van der Waals surface area contributed by atoms with Gasteiger partial charge in [0.25, 0.3) is 0 Å². The Bertz CT molecular complexity index is 590. The third-order valence-electron chi connectivity index (χ3n) is 2.49. The molecule has 5 heteroatoms. The Hall–Kier alpha value is -2.43. The maximum absolute atomic E-state index is 11.6. The minimum absolute atomic E-state index is 0.0357. The second-order valence-corrected chi connectivity index (χ2v) is 3.82. The van der Waals surface area contributed by atoms with E-state index in [0.717, 1.165) is 10.9 Å². The lowest BCUT2D eigenvalue weighted by molar-refractivity contribution is -0.138. The second-order valence-electron chi connectivity index (χ2n) is 3.82. The number of carboxylic acids is 1. The summed E-state index contributed by atoms with van der Waals surface area (Å²) in [6.07, 6.45) is 1.47. The Kier molecular flexibility index (Phi) is 3.52. The van der Waals surface area contributed by atoms with Crippen LogP contribution in [0, 0.1) is 0 Å². The number of nitrogens with zero attached hydrogens (tertiary/aromatic N) is 1. The zero-order valence-corrected chi connectivity index (χ0v) is 9.59. The first-order valence-electron chi connectivity index (χ1n) is 5.52. The molecular weight excluding hydrogens is 232 g/mol. The second kappa shape index (κ2) is 5.27. The summed E-state index contributed by atoms with van der Waals surface area (Å²) in [5, 5.41) is 12.0. The fourth-order valence-electron chi connectivity index (χ4n) is 1.65. The van der Waals surface area contributed by atoms with Crippen molar-refractivity contribution in [3.05, 3.63) is 36.5 Å². The molecule has 0 aliphatic rings. The van der Waals surface area contributed by atoms with E-state index >= 15 is 0 Å². The molecule has 1 aromatic heterocycles. The van der Waals surface area contributed by atoms with E-state index < -0.39 is 5.97 Å². The first kappa shape index (κ1) is 12.0. The van der Waals surface area contributed by atoms with Gasteiger partial charge < -0.3 is 10.4 Å². The molecule has 0 radical (unpaired) electrons. The van der Waals surface area contributed by atoms with E-state index in [0.29, 0.717) is 5.69 Å². The van der Waals surface area contributed by atoms with Crippen molar-refractivity contribution in [3.8, 4) is 0 Å². The van der Waals surface area contributed by atoms with Crippen molar-refractivity contribution in [1.82, 2.24) is 4.98 Å². The molecule has 1 amide bonds. The third kappa shape index (κ3) is 2.82. The monoisotopic (exact) mass is 244 g/mol. The van der Waals surface area contributed by atoms with Crippen LogP contribution in [0.15, 0.2) is 36.5 Å². The summed E-state index contributed by atoms with van der Waals surface area (Å²) >= 11 is 0. The summed E-state index contributed by atoms with van der Waals surface area (Å²) in [4.78, 5) is 26.1. The summed E-state index contributed by atoms with van der Waals surface area (Å²) in [7, 11) is 0. The van der Waals surface area contributed by atoms with Crippen LogP contribution in [-0.2, 0) is 9.59 Å². The normalized spacial score (nSPS) is 10.2. The molecule has 2 rings (SSSR count). The molecule has 0 spiro atoms. The molecule has 0 saturated carbocycles. The molecule has 0 atom stereocenters. The predicted molar refractivity (Wildman–Crippen MR) is 67.2 cm³/mol. The number of benzene rings is 1. The molecule has 0 aliphatic heterocycles. The van der Waals surface area contributed by atoms with Gasteiger partial charge in [-0.25, -0.2) is 0 Å². The quantitative estimate of drug-likeness (QED) is 0.862. The van der Waals surface area contributed by atoms with Crippen molar-refractivity contribution in [2.75, 3.05) is 5.32 Å². The van der Waals surface area contributed by atoms with Crippen molar-refractivity contribution in [2.45, 2.75) is 12.8 Å². The van der Waals surface area contributed by atoms with Crippen LogP contribution < -0.4 is 5.32 Å². The summed E-state index contributed by atoms with van der Waals surface area (Å²) in [5.74, 6) is -1.29. The Labute approximate surface area is 103 Å². The highest BCUT2D eigenvalue weighted by molar-refractivity contribution is 6.01. The molecule has 0 aliphatic carbocycles. The van der Waals surface area contributed by atoms with Crippen LogP contribution in [0.25, 0.3) is 10.9 Å². The number of pyridine rings is 1. The molecule has 0 unspecified atom stereocenters. The SMILES string of the molecule is O=C(O)CCC(=O)Nc1cccc2ncccc12. The van der Waals surface area contributed by atoms with Gasteiger partial charge in [0.2, 0.25) is 5.91 Å². The van der Waals surface area contributed by atoms with E-state index in [1.807, 2.05) is 12.1 Å². The number of anilines is 1. The average Bonchev–Trinajstić information content (AvgIpc) is 2.37. The van der Waals surface area contributed by atoms with E-state index in [-0.39, 0.29) is 18.7 Å².